The van der Waals surface area contributed by atoms with Crippen molar-refractivity contribution in [2.24, 2.45) is 0 Å². The number of benzene rings is 2. The highest BCUT2D eigenvalue weighted by molar-refractivity contribution is 5.83. The summed E-state index contributed by atoms with van der Waals surface area (Å²) in [6, 6.07) is 11.5. The lowest BCUT2D eigenvalue weighted by atomic mass is 9.50. The van der Waals surface area contributed by atoms with Gasteiger partial charge in [0.05, 0.1) is 17.4 Å². The molecule has 2 unspecified atom stereocenters. The number of likely N-dealkylation sites (tertiary alicyclic amines) is 1. The van der Waals surface area contributed by atoms with E-state index in [4.69, 9.17) is 19.3 Å². The summed E-state index contributed by atoms with van der Waals surface area (Å²) in [5.41, 5.74) is -0.280. The van der Waals surface area contributed by atoms with Crippen molar-refractivity contribution in [3.8, 4) is 17.2 Å². The molecule has 240 valence electrons. The maximum atomic E-state index is 12.8. The molecule has 1 saturated heterocycles. The number of aliphatic hydroxyl groups is 2. The van der Waals surface area contributed by atoms with Crippen molar-refractivity contribution in [3.63, 3.8) is 0 Å². The number of carbonyl (C=O) groups excluding carboxylic acids is 3. The quantitative estimate of drug-likeness (QED) is 0.257. The number of hydrogen-bond acceptors (Lipinski definition) is 12. The van der Waals surface area contributed by atoms with Crippen molar-refractivity contribution < 1.29 is 58.6 Å². The van der Waals surface area contributed by atoms with Crippen molar-refractivity contribution in [2.45, 2.75) is 74.9 Å². The number of ether oxygens (including phenoxy) is 4. The van der Waals surface area contributed by atoms with Crippen molar-refractivity contribution >= 4 is 23.9 Å². The van der Waals surface area contributed by atoms with E-state index in [2.05, 4.69) is 9.64 Å². The number of piperidine rings is 1. The van der Waals surface area contributed by atoms with Crippen LogP contribution in [0.5, 0.6) is 17.2 Å². The molecule has 4 N–H and O–H groups in total. The normalized spacial score (nSPS) is 26.8. The second-order valence-corrected chi connectivity index (χ2v) is 11.6. The molecule has 2 aromatic rings. The minimum atomic E-state index is -1.71. The SMILES string of the molecule is CC(=O)OC(C)C(=O)O.CN1CC[C@]23c4c5ccc(O)c4O[C@H]2C(OC(=O)CC(O)C(=O)Oc2ccccc2)=CC[C@@]3(O)[C@H]1C5. The first kappa shape index (κ1) is 31.9. The van der Waals surface area contributed by atoms with E-state index in [0.29, 0.717) is 25.1 Å². The number of phenols is 1. The Labute approximate surface area is 258 Å². The number of phenolic OH excluding ortho intramolecular Hbond substituents is 1. The van der Waals surface area contributed by atoms with Crippen LogP contribution < -0.4 is 9.47 Å². The molecule has 2 heterocycles. The van der Waals surface area contributed by atoms with Gasteiger partial charge in [0.25, 0.3) is 0 Å². The van der Waals surface area contributed by atoms with E-state index in [1.54, 1.807) is 42.5 Å². The van der Waals surface area contributed by atoms with Crippen LogP contribution in [0, 0.1) is 0 Å². The molecule has 2 aromatic carbocycles. The zero-order valence-corrected chi connectivity index (χ0v) is 25.0. The molecule has 45 heavy (non-hydrogen) atoms. The summed E-state index contributed by atoms with van der Waals surface area (Å²) in [5.74, 6) is -2.75. The summed E-state index contributed by atoms with van der Waals surface area (Å²) in [5, 5.41) is 41.1. The van der Waals surface area contributed by atoms with E-state index < -0.39 is 59.6 Å². The third-order valence-electron chi connectivity index (χ3n) is 8.87. The van der Waals surface area contributed by atoms with Crippen LogP contribution in [0.1, 0.15) is 44.2 Å². The van der Waals surface area contributed by atoms with E-state index in [-0.39, 0.29) is 29.7 Å². The molecule has 0 aromatic heterocycles. The van der Waals surface area contributed by atoms with Crippen LogP contribution in [0.2, 0.25) is 0 Å². The van der Waals surface area contributed by atoms with E-state index in [1.807, 2.05) is 13.1 Å². The zero-order valence-electron chi connectivity index (χ0n) is 25.0. The number of carboxylic acid groups (broad SMARTS) is 1. The Morgan fingerprint density at radius 2 is 1.82 bits per heavy atom. The van der Waals surface area contributed by atoms with Gasteiger partial charge in [-0.3, -0.25) is 9.59 Å². The molecule has 0 radical (unpaired) electrons. The Bertz CT molecular complexity index is 1540. The van der Waals surface area contributed by atoms with Gasteiger partial charge >= 0.3 is 23.9 Å². The van der Waals surface area contributed by atoms with Crippen LogP contribution in [-0.4, -0.2) is 92.8 Å². The standard InChI is InChI=1S/C27H27NO8.C5H8O4/c1-28-12-11-26-22-15-7-8-17(29)23(22)36-24(26)19(9-10-27(26,33)20(28)13-15)35-21(31)14-18(30)25(32)34-16-5-3-2-4-6-16;1-3(5(7)8)9-4(2)6/h2-9,18,20,24,29-30,33H,10-14H2,1H3;3H,1-2H3,(H,7,8)/t18?,20-,24+,26+,27-;/m1./s1. The number of rotatable bonds is 7. The average molecular weight is 626 g/mol. The van der Waals surface area contributed by atoms with Crippen molar-refractivity contribution in [1.82, 2.24) is 4.90 Å². The number of aliphatic hydroxyl groups excluding tert-OH is 1. The summed E-state index contributed by atoms with van der Waals surface area (Å²) in [6.07, 6.45) is -1.14. The third-order valence-corrected chi connectivity index (χ3v) is 8.87. The number of hydrogen-bond donors (Lipinski definition) is 4. The fourth-order valence-corrected chi connectivity index (χ4v) is 6.82. The first-order valence-corrected chi connectivity index (χ1v) is 14.5. The van der Waals surface area contributed by atoms with Gasteiger partial charge in [-0.2, -0.15) is 0 Å². The molecule has 1 fully saturated rings. The number of likely N-dealkylation sites (N-methyl/N-ethyl adjacent to an activating group) is 1. The molecule has 0 saturated carbocycles. The van der Waals surface area contributed by atoms with Crippen LogP contribution in [0.4, 0.5) is 0 Å². The molecule has 1 spiro atoms. The van der Waals surface area contributed by atoms with Gasteiger partial charge < -0.3 is 44.3 Å². The van der Waals surface area contributed by atoms with Gasteiger partial charge in [-0.1, -0.05) is 24.3 Å². The second kappa shape index (κ2) is 12.1. The van der Waals surface area contributed by atoms with Crippen LogP contribution in [-0.2, 0) is 40.5 Å². The Hall–Kier alpha value is -4.46. The van der Waals surface area contributed by atoms with Crippen molar-refractivity contribution in [2.75, 3.05) is 13.6 Å². The minimum absolute atomic E-state index is 0.0259. The Morgan fingerprint density at radius 3 is 2.47 bits per heavy atom. The molecule has 6 atom stereocenters. The van der Waals surface area contributed by atoms with E-state index >= 15 is 0 Å². The Kier molecular flexibility index (Phi) is 8.62. The lowest BCUT2D eigenvalue weighted by Crippen LogP contribution is -2.74. The molecule has 2 aliphatic carbocycles. The Morgan fingerprint density at radius 1 is 1.11 bits per heavy atom. The largest absolute Gasteiger partial charge is 0.504 e. The fraction of sp³-hybridized carbons (Fsp3) is 0.438. The van der Waals surface area contributed by atoms with Crippen LogP contribution in [0.3, 0.4) is 0 Å². The monoisotopic (exact) mass is 625 g/mol. The van der Waals surface area contributed by atoms with Gasteiger partial charge in [0, 0.05) is 24.9 Å². The lowest BCUT2D eigenvalue weighted by Gasteiger charge is -2.61. The number of esters is 3. The lowest BCUT2D eigenvalue weighted by molar-refractivity contribution is -0.170. The highest BCUT2D eigenvalue weighted by atomic mass is 16.6. The second-order valence-electron chi connectivity index (χ2n) is 11.6. The molecule has 2 aliphatic heterocycles. The molecule has 13 nitrogen and oxygen atoms in total. The number of carboxylic acids is 1. The molecule has 4 aliphatic rings. The van der Waals surface area contributed by atoms with Crippen LogP contribution in [0.15, 0.2) is 54.3 Å². The molecule has 0 amide bonds. The number of nitrogens with zero attached hydrogens (tertiary/aromatic N) is 1. The van der Waals surface area contributed by atoms with E-state index in [0.717, 1.165) is 11.1 Å². The Balaban J connectivity index is 0.000000390. The van der Waals surface area contributed by atoms with Gasteiger partial charge in [-0.15, -0.1) is 0 Å². The van der Waals surface area contributed by atoms with Gasteiger partial charge in [0.1, 0.15) is 11.5 Å². The number of aliphatic carboxylic acids is 1. The van der Waals surface area contributed by atoms with E-state index in [1.165, 1.54) is 13.8 Å². The third kappa shape index (κ3) is 5.62. The van der Waals surface area contributed by atoms with Crippen molar-refractivity contribution in [3.05, 3.63) is 65.4 Å². The van der Waals surface area contributed by atoms with Gasteiger partial charge in [0.2, 0.25) is 0 Å². The highest BCUT2D eigenvalue weighted by Crippen LogP contribution is 2.65. The molecule has 2 bridgehead atoms. The summed E-state index contributed by atoms with van der Waals surface area (Å²) in [7, 11) is 1.99. The predicted octanol–water partition coefficient (Wildman–Crippen LogP) is 1.59. The number of aromatic hydroxyl groups is 1. The molecule has 6 rings (SSSR count). The highest BCUT2D eigenvalue weighted by Gasteiger charge is 2.72. The first-order chi connectivity index (χ1) is 21.3. The van der Waals surface area contributed by atoms with Gasteiger partial charge in [-0.05, 0) is 63.2 Å². The van der Waals surface area contributed by atoms with Crippen LogP contribution >= 0.6 is 0 Å². The van der Waals surface area contributed by atoms with Crippen LogP contribution in [0.25, 0.3) is 0 Å². The smallest absolute Gasteiger partial charge is 0.344 e. The molecular formula is C32H35NO12. The minimum Gasteiger partial charge on any atom is -0.504 e. The van der Waals surface area contributed by atoms with E-state index in [9.17, 15) is 34.5 Å². The summed E-state index contributed by atoms with van der Waals surface area (Å²) >= 11 is 0. The first-order valence-electron chi connectivity index (χ1n) is 14.5. The average Bonchev–Trinajstić information content (AvgIpc) is 3.34. The maximum Gasteiger partial charge on any atom is 0.344 e. The van der Waals surface area contributed by atoms with Crippen molar-refractivity contribution in [1.29, 1.82) is 0 Å². The topological polar surface area (TPSA) is 189 Å². The molecular weight excluding hydrogens is 590 g/mol. The zero-order chi connectivity index (χ0) is 32.7. The summed E-state index contributed by atoms with van der Waals surface area (Å²) in [4.78, 5) is 47.2. The molecule has 13 heteroatoms. The predicted molar refractivity (Wildman–Crippen MR) is 154 cm³/mol. The fourth-order valence-electron chi connectivity index (χ4n) is 6.82. The summed E-state index contributed by atoms with van der Waals surface area (Å²) in [6.45, 7) is 3.16. The van der Waals surface area contributed by atoms with Gasteiger partial charge in [0.15, 0.2) is 29.8 Å². The number of para-hydroxylation sites is 1. The summed E-state index contributed by atoms with van der Waals surface area (Å²) < 4.78 is 21.2. The number of carbonyl (C=O) groups is 4. The van der Waals surface area contributed by atoms with Gasteiger partial charge in [-0.25, -0.2) is 9.59 Å². The maximum absolute atomic E-state index is 12.8.